The number of rotatable bonds is 6. The number of fused-ring (bicyclic) bond motifs is 1. The molecule has 0 saturated carbocycles. The Morgan fingerprint density at radius 1 is 1.40 bits per heavy atom. The van der Waals surface area contributed by atoms with Crippen LogP contribution < -0.4 is 5.32 Å². The Labute approximate surface area is 149 Å². The summed E-state index contributed by atoms with van der Waals surface area (Å²) < 4.78 is 7.72. The van der Waals surface area contributed by atoms with E-state index in [1.807, 2.05) is 18.2 Å². The van der Waals surface area contributed by atoms with Crippen molar-refractivity contribution in [3.05, 3.63) is 30.1 Å². The molecule has 0 aliphatic carbocycles. The van der Waals surface area contributed by atoms with Gasteiger partial charge in [0.05, 0.1) is 24.2 Å². The van der Waals surface area contributed by atoms with Gasteiger partial charge in [-0.2, -0.15) is 0 Å². The molecule has 2 aromatic rings. The van der Waals surface area contributed by atoms with Crippen LogP contribution in [-0.2, 0) is 16.0 Å². The molecule has 1 atom stereocenters. The van der Waals surface area contributed by atoms with Gasteiger partial charge in [0.2, 0.25) is 5.91 Å². The molecule has 136 valence electrons. The monoisotopic (exact) mass is 344 g/mol. The first-order chi connectivity index (χ1) is 12.1. The number of morpholine rings is 1. The third kappa shape index (κ3) is 3.85. The smallest absolute Gasteiger partial charge is 0.239 e. The maximum absolute atomic E-state index is 12.5. The highest BCUT2D eigenvalue weighted by molar-refractivity contribution is 5.82. The van der Waals surface area contributed by atoms with Gasteiger partial charge in [0.25, 0.3) is 0 Å². The first-order valence-corrected chi connectivity index (χ1v) is 9.17. The Balaban J connectivity index is 1.65. The number of carbonyl (C=O) groups is 1. The molecule has 1 aromatic carbocycles. The fourth-order valence-corrected chi connectivity index (χ4v) is 3.52. The quantitative estimate of drug-likeness (QED) is 0.871. The second kappa shape index (κ2) is 7.97. The summed E-state index contributed by atoms with van der Waals surface area (Å²) in [5, 5.41) is 3.06. The third-order valence-corrected chi connectivity index (χ3v) is 4.78. The van der Waals surface area contributed by atoms with E-state index in [0.29, 0.717) is 25.8 Å². The highest BCUT2D eigenvalue weighted by atomic mass is 16.5. The highest BCUT2D eigenvalue weighted by Gasteiger charge is 2.28. The van der Waals surface area contributed by atoms with Gasteiger partial charge in [-0.15, -0.1) is 0 Å². The van der Waals surface area contributed by atoms with Gasteiger partial charge in [0.15, 0.2) is 0 Å². The number of imidazole rings is 1. The van der Waals surface area contributed by atoms with Gasteiger partial charge in [-0.25, -0.2) is 4.98 Å². The molecule has 0 unspecified atom stereocenters. The van der Waals surface area contributed by atoms with Gasteiger partial charge in [0.1, 0.15) is 11.9 Å². The molecular formula is C19H28N4O2. The number of aromatic nitrogens is 2. The van der Waals surface area contributed by atoms with E-state index in [-0.39, 0.29) is 11.9 Å². The number of benzene rings is 1. The predicted octanol–water partition coefficient (Wildman–Crippen LogP) is 2.00. The van der Waals surface area contributed by atoms with Crippen LogP contribution in [0.2, 0.25) is 0 Å². The average Bonchev–Trinajstić information content (AvgIpc) is 3.00. The van der Waals surface area contributed by atoms with Crippen molar-refractivity contribution < 1.29 is 9.53 Å². The van der Waals surface area contributed by atoms with E-state index in [4.69, 9.17) is 9.72 Å². The maximum Gasteiger partial charge on any atom is 0.239 e. The number of amides is 1. The summed E-state index contributed by atoms with van der Waals surface area (Å²) in [7, 11) is 0. The molecule has 1 amide bonds. The second-order valence-corrected chi connectivity index (χ2v) is 6.74. The number of nitrogens with zero attached hydrogens (tertiary/aromatic N) is 3. The average molecular weight is 344 g/mol. The van der Waals surface area contributed by atoms with Crippen molar-refractivity contribution in [3.8, 4) is 0 Å². The van der Waals surface area contributed by atoms with Gasteiger partial charge in [0, 0.05) is 25.6 Å². The summed E-state index contributed by atoms with van der Waals surface area (Å²) in [5.74, 6) is 1.07. The molecule has 1 aliphatic heterocycles. The zero-order valence-corrected chi connectivity index (χ0v) is 15.4. The van der Waals surface area contributed by atoms with E-state index in [9.17, 15) is 4.79 Å². The lowest BCUT2D eigenvalue weighted by molar-refractivity contribution is -0.132. The Hall–Kier alpha value is -1.92. The standard InChI is InChI=1S/C19H28N4O2/c1-4-22-11-12-25-13-17(22)19(24)20-10-9-18-21-15-7-5-6-8-16(15)23(18)14(2)3/h5-8,14,17H,4,9-13H2,1-3H3,(H,20,24)/t17-/m0/s1. The number of likely N-dealkylation sites (N-methyl/N-ethyl adjacent to an activating group) is 1. The minimum Gasteiger partial charge on any atom is -0.378 e. The van der Waals surface area contributed by atoms with Crippen LogP contribution in [0.1, 0.15) is 32.6 Å². The normalized spacial score (nSPS) is 18.8. The molecule has 6 nitrogen and oxygen atoms in total. The zero-order valence-electron chi connectivity index (χ0n) is 15.4. The van der Waals surface area contributed by atoms with E-state index in [0.717, 1.165) is 36.4 Å². The number of ether oxygens (including phenoxy) is 1. The fourth-order valence-electron chi connectivity index (χ4n) is 3.52. The van der Waals surface area contributed by atoms with Gasteiger partial charge in [-0.1, -0.05) is 19.1 Å². The largest absolute Gasteiger partial charge is 0.378 e. The number of para-hydroxylation sites is 2. The first kappa shape index (κ1) is 17.9. The van der Waals surface area contributed by atoms with Gasteiger partial charge >= 0.3 is 0 Å². The van der Waals surface area contributed by atoms with E-state index in [1.54, 1.807) is 0 Å². The van der Waals surface area contributed by atoms with Crippen LogP contribution in [0.15, 0.2) is 24.3 Å². The topological polar surface area (TPSA) is 59.4 Å². The lowest BCUT2D eigenvalue weighted by Gasteiger charge is -2.33. The molecule has 0 spiro atoms. The maximum atomic E-state index is 12.5. The van der Waals surface area contributed by atoms with Crippen LogP contribution in [0, 0.1) is 0 Å². The number of nitrogens with one attached hydrogen (secondary N) is 1. The molecule has 0 bridgehead atoms. The van der Waals surface area contributed by atoms with Crippen LogP contribution in [0.3, 0.4) is 0 Å². The molecule has 1 N–H and O–H groups in total. The van der Waals surface area contributed by atoms with E-state index in [1.165, 1.54) is 0 Å². The van der Waals surface area contributed by atoms with Crippen LogP contribution >= 0.6 is 0 Å². The Bertz CT molecular complexity index is 725. The minimum atomic E-state index is -0.178. The second-order valence-electron chi connectivity index (χ2n) is 6.74. The summed E-state index contributed by atoms with van der Waals surface area (Å²) >= 11 is 0. The highest BCUT2D eigenvalue weighted by Crippen LogP contribution is 2.21. The molecule has 0 radical (unpaired) electrons. The van der Waals surface area contributed by atoms with Crippen molar-refractivity contribution in [2.75, 3.05) is 32.8 Å². The fraction of sp³-hybridized carbons (Fsp3) is 0.579. The van der Waals surface area contributed by atoms with Crippen molar-refractivity contribution in [2.24, 2.45) is 0 Å². The van der Waals surface area contributed by atoms with E-state index in [2.05, 4.69) is 41.6 Å². The molecule has 25 heavy (non-hydrogen) atoms. The number of hydrogen-bond acceptors (Lipinski definition) is 4. The summed E-state index contributed by atoms with van der Waals surface area (Å²) in [4.78, 5) is 19.4. The summed E-state index contributed by atoms with van der Waals surface area (Å²) in [5.41, 5.74) is 2.16. The van der Waals surface area contributed by atoms with Crippen LogP contribution in [-0.4, -0.2) is 59.2 Å². The summed E-state index contributed by atoms with van der Waals surface area (Å²) in [6, 6.07) is 8.34. The van der Waals surface area contributed by atoms with Crippen molar-refractivity contribution in [3.63, 3.8) is 0 Å². The molecule has 2 heterocycles. The van der Waals surface area contributed by atoms with Gasteiger partial charge < -0.3 is 14.6 Å². The Kier molecular flexibility index (Phi) is 5.71. The molecule has 3 rings (SSSR count). The summed E-state index contributed by atoms with van der Waals surface area (Å²) in [6.07, 6.45) is 0.721. The van der Waals surface area contributed by atoms with E-state index < -0.39 is 0 Å². The lowest BCUT2D eigenvalue weighted by atomic mass is 10.2. The van der Waals surface area contributed by atoms with Gasteiger partial charge in [-0.05, 0) is 32.5 Å². The Morgan fingerprint density at radius 2 is 2.20 bits per heavy atom. The third-order valence-electron chi connectivity index (χ3n) is 4.78. The molecule has 1 fully saturated rings. The molecular weight excluding hydrogens is 316 g/mol. The minimum absolute atomic E-state index is 0.0498. The van der Waals surface area contributed by atoms with E-state index >= 15 is 0 Å². The predicted molar refractivity (Wildman–Crippen MR) is 98.7 cm³/mol. The molecule has 1 aliphatic rings. The number of carbonyl (C=O) groups excluding carboxylic acids is 1. The molecule has 1 saturated heterocycles. The lowest BCUT2D eigenvalue weighted by Crippen LogP contribution is -2.53. The van der Waals surface area contributed by atoms with Crippen LogP contribution in [0.4, 0.5) is 0 Å². The first-order valence-electron chi connectivity index (χ1n) is 9.17. The number of hydrogen-bond donors (Lipinski definition) is 1. The zero-order chi connectivity index (χ0) is 17.8. The van der Waals surface area contributed by atoms with Crippen molar-refractivity contribution >= 4 is 16.9 Å². The Morgan fingerprint density at radius 3 is 2.96 bits per heavy atom. The SMILES string of the molecule is CCN1CCOC[C@H]1C(=O)NCCc1nc2ccccc2n1C(C)C. The molecule has 6 heteroatoms. The van der Waals surface area contributed by atoms with Crippen LogP contribution in [0.25, 0.3) is 11.0 Å². The van der Waals surface area contributed by atoms with Crippen LogP contribution in [0.5, 0.6) is 0 Å². The van der Waals surface area contributed by atoms with Gasteiger partial charge in [-0.3, -0.25) is 9.69 Å². The van der Waals surface area contributed by atoms with Crippen molar-refractivity contribution in [1.29, 1.82) is 0 Å². The van der Waals surface area contributed by atoms with Crippen molar-refractivity contribution in [2.45, 2.75) is 39.3 Å². The van der Waals surface area contributed by atoms with Crippen molar-refractivity contribution in [1.82, 2.24) is 19.8 Å². The molecule has 1 aromatic heterocycles. The summed E-state index contributed by atoms with van der Waals surface area (Å²) in [6.45, 7) is 9.85.